The zero-order chi connectivity index (χ0) is 18.1. The standard InChI is InChI=1S/C22H22O4/c23-13-19-17(11-21-18(19)12-22(25)26-21)10-20(24)16-8-6-15(7-9-16)14-4-2-1-3-5-14/h1-9,17-19,21,23H,10-13H2/t17-,18+,19?,21-/m0/s1. The van der Waals surface area contributed by atoms with Crippen LogP contribution in [0.25, 0.3) is 11.1 Å². The van der Waals surface area contributed by atoms with Gasteiger partial charge in [0.15, 0.2) is 5.78 Å². The molecule has 0 amide bonds. The second kappa shape index (κ2) is 7.04. The molecule has 0 aromatic heterocycles. The number of carbonyl (C=O) groups excluding carboxylic acids is 2. The molecule has 2 aromatic carbocycles. The molecule has 4 atom stereocenters. The van der Waals surface area contributed by atoms with E-state index in [2.05, 4.69) is 0 Å². The van der Waals surface area contributed by atoms with Gasteiger partial charge in [0.2, 0.25) is 0 Å². The third-order valence-electron chi connectivity index (χ3n) is 5.83. The van der Waals surface area contributed by atoms with Gasteiger partial charge >= 0.3 is 5.97 Å². The Balaban J connectivity index is 1.44. The van der Waals surface area contributed by atoms with Gasteiger partial charge in [-0.25, -0.2) is 0 Å². The summed E-state index contributed by atoms with van der Waals surface area (Å²) in [6.07, 6.45) is 1.31. The molecule has 0 bridgehead atoms. The third-order valence-corrected chi connectivity index (χ3v) is 5.83. The molecule has 1 N–H and O–H groups in total. The summed E-state index contributed by atoms with van der Waals surface area (Å²) in [5.41, 5.74) is 2.89. The van der Waals surface area contributed by atoms with Crippen LogP contribution >= 0.6 is 0 Å². The molecule has 0 spiro atoms. The van der Waals surface area contributed by atoms with Crippen LogP contribution in [0.2, 0.25) is 0 Å². The van der Waals surface area contributed by atoms with Crippen LogP contribution in [0.3, 0.4) is 0 Å². The fourth-order valence-electron chi connectivity index (χ4n) is 4.46. The second-order valence-electron chi connectivity index (χ2n) is 7.31. The predicted octanol–water partition coefficient (Wildman–Crippen LogP) is 3.49. The van der Waals surface area contributed by atoms with Crippen molar-refractivity contribution in [3.8, 4) is 11.1 Å². The quantitative estimate of drug-likeness (QED) is 0.662. The van der Waals surface area contributed by atoms with Gasteiger partial charge in [-0.2, -0.15) is 0 Å². The molecule has 1 aliphatic heterocycles. The molecule has 4 heteroatoms. The Bertz CT molecular complexity index is 797. The van der Waals surface area contributed by atoms with E-state index in [9.17, 15) is 14.7 Å². The number of benzene rings is 2. The first-order chi connectivity index (χ1) is 12.7. The Morgan fingerprint density at radius 2 is 1.73 bits per heavy atom. The average molecular weight is 350 g/mol. The van der Waals surface area contributed by atoms with Crippen LogP contribution in [-0.4, -0.2) is 29.6 Å². The lowest BCUT2D eigenvalue weighted by Crippen LogP contribution is -2.22. The molecule has 1 unspecified atom stereocenters. The topological polar surface area (TPSA) is 63.6 Å². The van der Waals surface area contributed by atoms with Crippen molar-refractivity contribution in [2.75, 3.05) is 6.61 Å². The van der Waals surface area contributed by atoms with E-state index in [1.165, 1.54) is 0 Å². The number of hydrogen-bond donors (Lipinski definition) is 1. The van der Waals surface area contributed by atoms with Gasteiger partial charge in [0, 0.05) is 24.5 Å². The molecule has 2 aliphatic rings. The van der Waals surface area contributed by atoms with Gasteiger partial charge in [-0.3, -0.25) is 9.59 Å². The van der Waals surface area contributed by atoms with E-state index >= 15 is 0 Å². The maximum Gasteiger partial charge on any atom is 0.306 e. The van der Waals surface area contributed by atoms with Gasteiger partial charge in [0.05, 0.1) is 6.42 Å². The lowest BCUT2D eigenvalue weighted by atomic mass is 9.85. The number of fused-ring (bicyclic) bond motifs is 1. The minimum atomic E-state index is -0.181. The van der Waals surface area contributed by atoms with Gasteiger partial charge in [-0.15, -0.1) is 0 Å². The van der Waals surface area contributed by atoms with E-state index in [1.807, 2.05) is 54.6 Å². The van der Waals surface area contributed by atoms with Gasteiger partial charge in [0.25, 0.3) is 0 Å². The molecule has 4 rings (SSSR count). The molecule has 1 saturated heterocycles. The first-order valence-electron chi connectivity index (χ1n) is 9.14. The zero-order valence-corrected chi connectivity index (χ0v) is 14.5. The first-order valence-corrected chi connectivity index (χ1v) is 9.14. The molecule has 1 heterocycles. The summed E-state index contributed by atoms with van der Waals surface area (Å²) in [5, 5.41) is 9.74. The summed E-state index contributed by atoms with van der Waals surface area (Å²) in [4.78, 5) is 24.2. The van der Waals surface area contributed by atoms with E-state index in [-0.39, 0.29) is 42.2 Å². The Kier molecular flexibility index (Phi) is 4.60. The van der Waals surface area contributed by atoms with Crippen LogP contribution in [0.15, 0.2) is 54.6 Å². The van der Waals surface area contributed by atoms with Crippen LogP contribution in [0.1, 0.15) is 29.6 Å². The number of Topliss-reactive ketones (excluding diaryl/α,β-unsaturated/α-hetero) is 1. The molecule has 2 aromatic rings. The van der Waals surface area contributed by atoms with Crippen molar-refractivity contribution in [1.82, 2.24) is 0 Å². The SMILES string of the molecule is O=C1C[C@@H]2C(CO)[C@@H](CC(=O)c3ccc(-c4ccccc4)cc3)C[C@@H]2O1. The summed E-state index contributed by atoms with van der Waals surface area (Å²) in [6.45, 7) is 0.00268. The van der Waals surface area contributed by atoms with E-state index in [4.69, 9.17) is 4.74 Å². The second-order valence-corrected chi connectivity index (χ2v) is 7.31. The minimum Gasteiger partial charge on any atom is -0.462 e. The number of aliphatic hydroxyl groups is 1. The van der Waals surface area contributed by atoms with Crippen LogP contribution in [-0.2, 0) is 9.53 Å². The number of ether oxygens (including phenoxy) is 1. The molecular weight excluding hydrogens is 328 g/mol. The van der Waals surface area contributed by atoms with Crippen molar-refractivity contribution < 1.29 is 19.4 Å². The summed E-state index contributed by atoms with van der Waals surface area (Å²) in [5.74, 6) is 0.00763. The summed E-state index contributed by atoms with van der Waals surface area (Å²) >= 11 is 0. The van der Waals surface area contributed by atoms with E-state index in [1.54, 1.807) is 0 Å². The van der Waals surface area contributed by atoms with Gasteiger partial charge in [0.1, 0.15) is 6.10 Å². The molecule has 1 saturated carbocycles. The van der Waals surface area contributed by atoms with Crippen LogP contribution in [0, 0.1) is 17.8 Å². The summed E-state index contributed by atoms with van der Waals surface area (Å²) < 4.78 is 5.34. The minimum absolute atomic E-state index is 0.00268. The highest BCUT2D eigenvalue weighted by Crippen LogP contribution is 2.46. The predicted molar refractivity (Wildman–Crippen MR) is 97.5 cm³/mol. The maximum absolute atomic E-state index is 12.7. The normalized spacial score (nSPS) is 27.2. The van der Waals surface area contributed by atoms with Gasteiger partial charge in [-0.1, -0.05) is 54.6 Å². The van der Waals surface area contributed by atoms with Gasteiger partial charge in [-0.05, 0) is 29.4 Å². The lowest BCUT2D eigenvalue weighted by molar-refractivity contribution is -0.141. The third kappa shape index (κ3) is 3.17. The molecule has 134 valence electrons. The van der Waals surface area contributed by atoms with E-state index in [0.29, 0.717) is 24.8 Å². The highest BCUT2D eigenvalue weighted by atomic mass is 16.6. The van der Waals surface area contributed by atoms with Crippen molar-refractivity contribution in [2.24, 2.45) is 17.8 Å². The van der Waals surface area contributed by atoms with Crippen molar-refractivity contribution >= 4 is 11.8 Å². The van der Waals surface area contributed by atoms with E-state index < -0.39 is 0 Å². The Morgan fingerprint density at radius 1 is 1.04 bits per heavy atom. The van der Waals surface area contributed by atoms with Crippen molar-refractivity contribution in [3.63, 3.8) is 0 Å². The molecule has 1 aliphatic carbocycles. The molecule has 0 radical (unpaired) electrons. The fraction of sp³-hybridized carbons (Fsp3) is 0.364. The van der Waals surface area contributed by atoms with Crippen molar-refractivity contribution in [1.29, 1.82) is 0 Å². The molecule has 26 heavy (non-hydrogen) atoms. The average Bonchev–Trinajstić information content (AvgIpc) is 3.17. The summed E-state index contributed by atoms with van der Waals surface area (Å²) in [7, 11) is 0. The zero-order valence-electron chi connectivity index (χ0n) is 14.5. The Morgan fingerprint density at radius 3 is 2.42 bits per heavy atom. The number of rotatable bonds is 5. The van der Waals surface area contributed by atoms with Gasteiger partial charge < -0.3 is 9.84 Å². The summed E-state index contributed by atoms with van der Waals surface area (Å²) in [6, 6.07) is 17.7. The first kappa shape index (κ1) is 17.0. The largest absolute Gasteiger partial charge is 0.462 e. The number of ketones is 1. The van der Waals surface area contributed by atoms with Crippen LogP contribution < -0.4 is 0 Å². The highest BCUT2D eigenvalue weighted by molar-refractivity contribution is 5.96. The van der Waals surface area contributed by atoms with Crippen molar-refractivity contribution in [3.05, 3.63) is 60.2 Å². The smallest absolute Gasteiger partial charge is 0.306 e. The number of esters is 1. The fourth-order valence-corrected chi connectivity index (χ4v) is 4.46. The molecular formula is C22H22O4. The number of aliphatic hydroxyl groups excluding tert-OH is 1. The lowest BCUT2D eigenvalue weighted by Gasteiger charge is -2.19. The monoisotopic (exact) mass is 350 g/mol. The molecule has 4 nitrogen and oxygen atoms in total. The highest BCUT2D eigenvalue weighted by Gasteiger charge is 2.49. The maximum atomic E-state index is 12.7. The number of carbonyl (C=O) groups is 2. The van der Waals surface area contributed by atoms with Crippen LogP contribution in [0.5, 0.6) is 0 Å². The Hall–Kier alpha value is -2.46. The number of hydrogen-bond acceptors (Lipinski definition) is 4. The van der Waals surface area contributed by atoms with Crippen molar-refractivity contribution in [2.45, 2.75) is 25.4 Å². The van der Waals surface area contributed by atoms with E-state index in [0.717, 1.165) is 11.1 Å². The Labute approximate surface area is 152 Å². The molecule has 2 fully saturated rings. The van der Waals surface area contributed by atoms with Crippen LogP contribution in [0.4, 0.5) is 0 Å².